The number of nitrogens with zero attached hydrogens (tertiary/aromatic N) is 2. The van der Waals surface area contributed by atoms with E-state index in [0.717, 1.165) is 11.8 Å². The van der Waals surface area contributed by atoms with Gasteiger partial charge in [-0.3, -0.25) is 9.59 Å². The summed E-state index contributed by atoms with van der Waals surface area (Å²) in [5.74, 6) is -0.859. The van der Waals surface area contributed by atoms with Gasteiger partial charge in [0.2, 0.25) is 5.91 Å². The first-order chi connectivity index (χ1) is 11.0. The van der Waals surface area contributed by atoms with Crippen LogP contribution in [0.1, 0.15) is 29.0 Å². The van der Waals surface area contributed by atoms with Gasteiger partial charge in [-0.15, -0.1) is 0 Å². The lowest BCUT2D eigenvalue weighted by Gasteiger charge is -2.06. The molecule has 0 aliphatic rings. The van der Waals surface area contributed by atoms with Crippen molar-refractivity contribution in [3.05, 3.63) is 47.8 Å². The van der Waals surface area contributed by atoms with E-state index in [0.29, 0.717) is 10.4 Å². The Kier molecular flexibility index (Phi) is 5.40. The van der Waals surface area contributed by atoms with E-state index >= 15 is 0 Å². The summed E-state index contributed by atoms with van der Waals surface area (Å²) in [7, 11) is 0. The fourth-order valence-electron chi connectivity index (χ4n) is 1.89. The van der Waals surface area contributed by atoms with Crippen LogP contribution in [-0.2, 0) is 4.79 Å². The molecule has 0 atom stereocenters. The topological polar surface area (TPSA) is 76.0 Å². The van der Waals surface area contributed by atoms with Gasteiger partial charge in [-0.25, -0.2) is 4.68 Å². The van der Waals surface area contributed by atoms with Crippen molar-refractivity contribution in [2.75, 3.05) is 11.9 Å². The van der Waals surface area contributed by atoms with Gasteiger partial charge in [0.25, 0.3) is 5.91 Å². The Morgan fingerprint density at radius 3 is 2.74 bits per heavy atom. The third-order valence-corrected chi connectivity index (χ3v) is 2.98. The number of benzene rings is 1. The van der Waals surface area contributed by atoms with E-state index in [4.69, 9.17) is 0 Å². The van der Waals surface area contributed by atoms with E-state index in [1.165, 1.54) is 6.07 Å². The fourth-order valence-corrected chi connectivity index (χ4v) is 1.89. The molecule has 2 amide bonds. The maximum Gasteiger partial charge on any atom is 0.333 e. The molecule has 0 fully saturated rings. The van der Waals surface area contributed by atoms with Crippen molar-refractivity contribution in [3.8, 4) is 0 Å². The maximum absolute atomic E-state index is 12.4. The van der Waals surface area contributed by atoms with E-state index in [-0.39, 0.29) is 24.6 Å². The minimum Gasteiger partial charge on any atom is -0.350 e. The maximum atomic E-state index is 12.4. The molecule has 0 saturated carbocycles. The number of amides is 2. The average Bonchev–Trinajstić information content (AvgIpc) is 2.97. The van der Waals surface area contributed by atoms with Crippen molar-refractivity contribution < 1.29 is 18.4 Å². The van der Waals surface area contributed by atoms with Crippen LogP contribution >= 0.6 is 0 Å². The number of anilines is 1. The summed E-state index contributed by atoms with van der Waals surface area (Å²) in [6.07, 6.45) is 1.08. The predicted molar refractivity (Wildman–Crippen MR) is 80.2 cm³/mol. The van der Waals surface area contributed by atoms with E-state index in [1.54, 1.807) is 6.07 Å². The van der Waals surface area contributed by atoms with Gasteiger partial charge in [-0.1, -0.05) is 12.1 Å². The van der Waals surface area contributed by atoms with Gasteiger partial charge in [0.05, 0.1) is 0 Å². The Hall–Kier alpha value is -2.77. The van der Waals surface area contributed by atoms with E-state index < -0.39 is 12.5 Å². The number of rotatable bonds is 6. The molecule has 2 N–H and O–H groups in total. The second-order valence-electron chi connectivity index (χ2n) is 4.88. The molecule has 0 aliphatic heterocycles. The Morgan fingerprint density at radius 2 is 2.09 bits per heavy atom. The van der Waals surface area contributed by atoms with E-state index in [1.807, 2.05) is 25.1 Å². The van der Waals surface area contributed by atoms with Gasteiger partial charge >= 0.3 is 6.55 Å². The number of aryl methyl sites for hydroxylation is 1. The number of hydrogen-bond acceptors (Lipinski definition) is 3. The Balaban J connectivity index is 1.77. The minimum atomic E-state index is -2.79. The highest BCUT2D eigenvalue weighted by Gasteiger charge is 2.13. The van der Waals surface area contributed by atoms with Crippen molar-refractivity contribution in [3.63, 3.8) is 0 Å². The smallest absolute Gasteiger partial charge is 0.333 e. The SMILES string of the molecule is Cc1cccc(NC(=O)CCNC(=O)c2ccn(C(F)F)n2)c1. The highest BCUT2D eigenvalue weighted by atomic mass is 19.3. The zero-order chi connectivity index (χ0) is 16.8. The molecule has 8 heteroatoms. The van der Waals surface area contributed by atoms with Crippen LogP contribution < -0.4 is 10.6 Å². The van der Waals surface area contributed by atoms with Crippen molar-refractivity contribution >= 4 is 17.5 Å². The van der Waals surface area contributed by atoms with Crippen molar-refractivity contribution in [1.29, 1.82) is 0 Å². The van der Waals surface area contributed by atoms with Crippen LogP contribution in [0.3, 0.4) is 0 Å². The standard InChI is InChI=1S/C15H16F2N4O2/c1-10-3-2-4-11(9-10)19-13(22)5-7-18-14(23)12-6-8-21(20-12)15(16)17/h2-4,6,8-9,15H,5,7H2,1H3,(H,18,23)(H,19,22). The molecule has 1 heterocycles. The Morgan fingerprint density at radius 1 is 1.30 bits per heavy atom. The van der Waals surface area contributed by atoms with Crippen LogP contribution in [-0.4, -0.2) is 28.1 Å². The zero-order valence-electron chi connectivity index (χ0n) is 12.4. The number of alkyl halides is 2. The number of halogens is 2. The lowest BCUT2D eigenvalue weighted by Crippen LogP contribution is -2.28. The lowest BCUT2D eigenvalue weighted by atomic mass is 10.2. The van der Waals surface area contributed by atoms with Gasteiger partial charge in [0.15, 0.2) is 0 Å². The molecule has 0 spiro atoms. The molecule has 0 saturated heterocycles. The highest BCUT2D eigenvalue weighted by molar-refractivity contribution is 5.93. The zero-order valence-corrected chi connectivity index (χ0v) is 12.4. The summed E-state index contributed by atoms with van der Waals surface area (Å²) in [5, 5.41) is 8.60. The molecule has 0 radical (unpaired) electrons. The summed E-state index contributed by atoms with van der Waals surface area (Å²) >= 11 is 0. The second kappa shape index (κ2) is 7.48. The minimum absolute atomic E-state index is 0.0647. The molecule has 0 unspecified atom stereocenters. The van der Waals surface area contributed by atoms with Crippen LogP contribution in [0.25, 0.3) is 0 Å². The summed E-state index contributed by atoms with van der Waals surface area (Å²) in [6, 6.07) is 8.52. The fraction of sp³-hybridized carbons (Fsp3) is 0.267. The Labute approximate surface area is 131 Å². The lowest BCUT2D eigenvalue weighted by molar-refractivity contribution is -0.116. The van der Waals surface area contributed by atoms with Crippen molar-refractivity contribution in [2.45, 2.75) is 19.9 Å². The molecular formula is C15H16F2N4O2. The highest BCUT2D eigenvalue weighted by Crippen LogP contribution is 2.10. The first kappa shape index (κ1) is 16.6. The third-order valence-electron chi connectivity index (χ3n) is 2.98. The molecule has 2 rings (SSSR count). The van der Waals surface area contributed by atoms with Gasteiger partial charge in [-0.05, 0) is 30.7 Å². The van der Waals surface area contributed by atoms with Gasteiger partial charge < -0.3 is 10.6 Å². The Bertz CT molecular complexity index is 700. The number of carbonyl (C=O) groups is 2. The quantitative estimate of drug-likeness (QED) is 0.857. The van der Waals surface area contributed by atoms with Gasteiger partial charge in [0.1, 0.15) is 5.69 Å². The van der Waals surface area contributed by atoms with Crippen LogP contribution in [0.4, 0.5) is 14.5 Å². The molecule has 1 aromatic heterocycles. The molecule has 122 valence electrons. The molecule has 23 heavy (non-hydrogen) atoms. The molecule has 2 aromatic rings. The normalized spacial score (nSPS) is 10.6. The average molecular weight is 322 g/mol. The van der Waals surface area contributed by atoms with Crippen LogP contribution in [0.5, 0.6) is 0 Å². The summed E-state index contributed by atoms with van der Waals surface area (Å²) in [6.45, 7) is -0.802. The van der Waals surface area contributed by atoms with Gasteiger partial charge in [0, 0.05) is 24.8 Å². The molecule has 0 bridgehead atoms. The van der Waals surface area contributed by atoms with E-state index in [9.17, 15) is 18.4 Å². The second-order valence-corrected chi connectivity index (χ2v) is 4.88. The number of hydrogen-bond donors (Lipinski definition) is 2. The molecule has 1 aromatic carbocycles. The predicted octanol–water partition coefficient (Wildman–Crippen LogP) is 2.35. The number of nitrogens with one attached hydrogen (secondary N) is 2. The molecule has 6 nitrogen and oxygen atoms in total. The monoisotopic (exact) mass is 322 g/mol. The largest absolute Gasteiger partial charge is 0.350 e. The first-order valence-electron chi connectivity index (χ1n) is 6.94. The van der Waals surface area contributed by atoms with E-state index in [2.05, 4.69) is 15.7 Å². The van der Waals surface area contributed by atoms with Crippen molar-refractivity contribution in [1.82, 2.24) is 15.1 Å². The number of carbonyl (C=O) groups excluding carboxylic acids is 2. The van der Waals surface area contributed by atoms with Crippen LogP contribution in [0.2, 0.25) is 0 Å². The van der Waals surface area contributed by atoms with Crippen LogP contribution in [0.15, 0.2) is 36.5 Å². The first-order valence-corrected chi connectivity index (χ1v) is 6.94. The summed E-state index contributed by atoms with van der Waals surface area (Å²) in [4.78, 5) is 23.5. The molecule has 0 aliphatic carbocycles. The van der Waals surface area contributed by atoms with Crippen LogP contribution in [0, 0.1) is 6.92 Å². The summed E-state index contributed by atoms with van der Waals surface area (Å²) in [5.41, 5.74) is 1.58. The molecular weight excluding hydrogens is 306 g/mol. The van der Waals surface area contributed by atoms with Gasteiger partial charge in [-0.2, -0.15) is 13.9 Å². The summed E-state index contributed by atoms with van der Waals surface area (Å²) < 4.78 is 25.1. The third kappa shape index (κ3) is 4.87. The number of aromatic nitrogens is 2. The van der Waals surface area contributed by atoms with Crippen molar-refractivity contribution in [2.24, 2.45) is 0 Å².